The first-order valence-corrected chi connectivity index (χ1v) is 5.62. The van der Waals surface area contributed by atoms with E-state index in [0.717, 1.165) is 0 Å². The number of carbonyl (C=O) groups is 1. The summed E-state index contributed by atoms with van der Waals surface area (Å²) in [6, 6.07) is 0. The van der Waals surface area contributed by atoms with Crippen LogP contribution in [0.5, 0.6) is 0 Å². The van der Waals surface area contributed by atoms with Crippen LogP contribution >= 0.6 is 0 Å². The summed E-state index contributed by atoms with van der Waals surface area (Å²) < 4.78 is 6.94. The van der Waals surface area contributed by atoms with Crippen molar-refractivity contribution < 1.29 is 14.6 Å². The Morgan fingerprint density at radius 2 is 2.41 bits per heavy atom. The zero-order valence-corrected chi connectivity index (χ0v) is 10.4. The van der Waals surface area contributed by atoms with Gasteiger partial charge in [0, 0.05) is 26.7 Å². The quantitative estimate of drug-likeness (QED) is 0.732. The predicted octanol–water partition coefficient (Wildman–Crippen LogP) is 0.633. The summed E-state index contributed by atoms with van der Waals surface area (Å²) in [5, 5.41) is 16.1. The van der Waals surface area contributed by atoms with Crippen molar-refractivity contribution in [1.29, 1.82) is 0 Å². The van der Waals surface area contributed by atoms with Gasteiger partial charge in [-0.25, -0.2) is 4.79 Å². The molecule has 1 atom stereocenters. The lowest BCUT2D eigenvalue weighted by Crippen LogP contribution is -2.27. The number of carboxylic acids is 1. The number of hydrogen-bond donors (Lipinski definition) is 2. The molecule has 0 aliphatic carbocycles. The standard InChI is InChI=1S/C11H19N3O3/c1-4-17-8(2)5-12-7-10-9(11(15)16)6-13-14(10)3/h6,8,12H,4-5,7H2,1-3H3,(H,15,16). The van der Waals surface area contributed by atoms with Crippen LogP contribution in [0.3, 0.4) is 0 Å². The van der Waals surface area contributed by atoms with Crippen LogP contribution in [-0.4, -0.2) is 40.1 Å². The average Bonchev–Trinajstić information content (AvgIpc) is 2.61. The SMILES string of the molecule is CCOC(C)CNCc1c(C(=O)O)cnn1C. The number of nitrogens with one attached hydrogen (secondary N) is 1. The van der Waals surface area contributed by atoms with E-state index < -0.39 is 5.97 Å². The lowest BCUT2D eigenvalue weighted by Gasteiger charge is -2.12. The maximum absolute atomic E-state index is 10.9. The third kappa shape index (κ3) is 3.83. The molecule has 2 N–H and O–H groups in total. The zero-order valence-electron chi connectivity index (χ0n) is 10.4. The third-order valence-corrected chi connectivity index (χ3v) is 2.47. The molecule has 1 rings (SSSR count). The van der Waals surface area contributed by atoms with Gasteiger partial charge in [0.05, 0.1) is 18.0 Å². The molecule has 96 valence electrons. The highest BCUT2D eigenvalue weighted by Crippen LogP contribution is 2.07. The highest BCUT2D eigenvalue weighted by molar-refractivity contribution is 5.88. The van der Waals surface area contributed by atoms with E-state index >= 15 is 0 Å². The van der Waals surface area contributed by atoms with Gasteiger partial charge in [-0.2, -0.15) is 5.10 Å². The van der Waals surface area contributed by atoms with E-state index in [4.69, 9.17) is 9.84 Å². The van der Waals surface area contributed by atoms with Crippen molar-refractivity contribution in [2.45, 2.75) is 26.5 Å². The maximum Gasteiger partial charge on any atom is 0.339 e. The molecule has 1 unspecified atom stereocenters. The summed E-state index contributed by atoms with van der Waals surface area (Å²) >= 11 is 0. The number of hydrogen-bond acceptors (Lipinski definition) is 4. The first-order chi connectivity index (χ1) is 8.06. The van der Waals surface area contributed by atoms with Gasteiger partial charge in [0.25, 0.3) is 0 Å². The highest BCUT2D eigenvalue weighted by atomic mass is 16.5. The summed E-state index contributed by atoms with van der Waals surface area (Å²) in [7, 11) is 1.73. The first kappa shape index (κ1) is 13.7. The van der Waals surface area contributed by atoms with Crippen LogP contribution in [0.4, 0.5) is 0 Å². The number of aromatic nitrogens is 2. The Morgan fingerprint density at radius 3 is 3.00 bits per heavy atom. The molecule has 6 heteroatoms. The van der Waals surface area contributed by atoms with E-state index in [1.165, 1.54) is 6.20 Å². The molecule has 0 saturated heterocycles. The fourth-order valence-electron chi connectivity index (χ4n) is 1.59. The second kappa shape index (κ2) is 6.36. The molecule has 0 spiro atoms. The number of rotatable bonds is 7. The predicted molar refractivity (Wildman–Crippen MR) is 63.0 cm³/mol. The fourth-order valence-corrected chi connectivity index (χ4v) is 1.59. The van der Waals surface area contributed by atoms with Gasteiger partial charge in [-0.05, 0) is 13.8 Å². The third-order valence-electron chi connectivity index (χ3n) is 2.47. The molecular formula is C11H19N3O3. The molecule has 0 fully saturated rings. The van der Waals surface area contributed by atoms with Crippen LogP contribution in [0.15, 0.2) is 6.20 Å². The minimum Gasteiger partial charge on any atom is -0.478 e. The Bertz CT molecular complexity index is 376. The van der Waals surface area contributed by atoms with Gasteiger partial charge in [-0.3, -0.25) is 4.68 Å². The molecule has 0 aliphatic rings. The van der Waals surface area contributed by atoms with Crippen molar-refractivity contribution in [3.05, 3.63) is 17.5 Å². The topological polar surface area (TPSA) is 76.4 Å². The van der Waals surface area contributed by atoms with Crippen LogP contribution in [0.2, 0.25) is 0 Å². The van der Waals surface area contributed by atoms with Gasteiger partial charge < -0.3 is 15.2 Å². The second-order valence-corrected chi connectivity index (χ2v) is 3.83. The number of carboxylic acid groups (broad SMARTS) is 1. The molecule has 6 nitrogen and oxygen atoms in total. The Morgan fingerprint density at radius 1 is 1.71 bits per heavy atom. The van der Waals surface area contributed by atoms with Crippen molar-refractivity contribution in [3.8, 4) is 0 Å². The van der Waals surface area contributed by atoms with Gasteiger partial charge >= 0.3 is 5.97 Å². The summed E-state index contributed by atoms with van der Waals surface area (Å²) in [5.74, 6) is -0.951. The van der Waals surface area contributed by atoms with Crippen LogP contribution in [-0.2, 0) is 18.3 Å². The van der Waals surface area contributed by atoms with E-state index in [0.29, 0.717) is 25.4 Å². The normalized spacial score (nSPS) is 12.6. The molecule has 0 saturated carbocycles. The summed E-state index contributed by atoms with van der Waals surface area (Å²) in [5.41, 5.74) is 0.908. The number of ether oxygens (including phenoxy) is 1. The van der Waals surface area contributed by atoms with Crippen molar-refractivity contribution >= 4 is 5.97 Å². The van der Waals surface area contributed by atoms with Gasteiger partial charge in [-0.1, -0.05) is 0 Å². The average molecular weight is 241 g/mol. The van der Waals surface area contributed by atoms with Gasteiger partial charge in [-0.15, -0.1) is 0 Å². The van der Waals surface area contributed by atoms with Crippen molar-refractivity contribution in [3.63, 3.8) is 0 Å². The second-order valence-electron chi connectivity index (χ2n) is 3.83. The van der Waals surface area contributed by atoms with E-state index in [2.05, 4.69) is 10.4 Å². The molecule has 1 aromatic heterocycles. The highest BCUT2D eigenvalue weighted by Gasteiger charge is 2.14. The fraction of sp³-hybridized carbons (Fsp3) is 0.636. The Kier molecular flexibility index (Phi) is 5.11. The minimum atomic E-state index is -0.951. The summed E-state index contributed by atoms with van der Waals surface area (Å²) in [6.45, 7) is 5.74. The molecule has 0 aliphatic heterocycles. The van der Waals surface area contributed by atoms with Crippen LogP contribution < -0.4 is 5.32 Å². The summed E-state index contributed by atoms with van der Waals surface area (Å²) in [6.07, 6.45) is 1.48. The largest absolute Gasteiger partial charge is 0.478 e. The monoisotopic (exact) mass is 241 g/mol. The molecule has 1 aromatic rings. The molecule has 17 heavy (non-hydrogen) atoms. The van der Waals surface area contributed by atoms with E-state index in [1.54, 1.807) is 11.7 Å². The molecule has 0 amide bonds. The lowest BCUT2D eigenvalue weighted by atomic mass is 10.2. The Hall–Kier alpha value is -1.40. The molecule has 0 radical (unpaired) electrons. The smallest absolute Gasteiger partial charge is 0.339 e. The lowest BCUT2D eigenvalue weighted by molar-refractivity contribution is 0.0694. The van der Waals surface area contributed by atoms with Gasteiger partial charge in [0.15, 0.2) is 0 Å². The molecule has 0 aromatic carbocycles. The Labute approximate surface area is 101 Å². The Balaban J connectivity index is 2.51. The molecule has 0 bridgehead atoms. The molecule has 1 heterocycles. The molecular weight excluding hydrogens is 222 g/mol. The van der Waals surface area contributed by atoms with Gasteiger partial charge in [0.1, 0.15) is 5.56 Å². The summed E-state index contributed by atoms with van der Waals surface area (Å²) in [4.78, 5) is 10.9. The number of nitrogens with zero attached hydrogens (tertiary/aromatic N) is 2. The first-order valence-electron chi connectivity index (χ1n) is 5.62. The van der Waals surface area contributed by atoms with Crippen molar-refractivity contribution in [2.75, 3.05) is 13.2 Å². The van der Waals surface area contributed by atoms with Crippen molar-refractivity contribution in [1.82, 2.24) is 15.1 Å². The van der Waals surface area contributed by atoms with Crippen LogP contribution in [0, 0.1) is 0 Å². The number of aryl methyl sites for hydroxylation is 1. The van der Waals surface area contributed by atoms with Crippen LogP contribution in [0.1, 0.15) is 29.9 Å². The van der Waals surface area contributed by atoms with Crippen molar-refractivity contribution in [2.24, 2.45) is 7.05 Å². The zero-order chi connectivity index (χ0) is 12.8. The van der Waals surface area contributed by atoms with Gasteiger partial charge in [0.2, 0.25) is 0 Å². The van der Waals surface area contributed by atoms with Crippen LogP contribution in [0.25, 0.3) is 0 Å². The van der Waals surface area contributed by atoms with E-state index in [9.17, 15) is 4.79 Å². The van der Waals surface area contributed by atoms with E-state index in [-0.39, 0.29) is 11.7 Å². The number of aromatic carboxylic acids is 1. The minimum absolute atomic E-state index is 0.113. The van der Waals surface area contributed by atoms with E-state index in [1.807, 2.05) is 13.8 Å². The maximum atomic E-state index is 10.9.